The lowest BCUT2D eigenvalue weighted by Gasteiger charge is -2.23. The van der Waals surface area contributed by atoms with Crippen LogP contribution in [0.2, 0.25) is 0 Å². The summed E-state index contributed by atoms with van der Waals surface area (Å²) in [5.74, 6) is 0.642. The van der Waals surface area contributed by atoms with Crippen molar-refractivity contribution in [1.29, 1.82) is 0 Å². The third kappa shape index (κ3) is 2.58. The first-order valence-electron chi connectivity index (χ1n) is 6.58. The Bertz CT molecular complexity index is 859. The number of H-pyrrole nitrogens is 1. The first kappa shape index (κ1) is 13.9. The molecule has 1 saturated heterocycles. The number of fused-ring (bicyclic) bond motifs is 1. The van der Waals surface area contributed by atoms with Gasteiger partial charge in [0, 0.05) is 18.8 Å². The van der Waals surface area contributed by atoms with E-state index in [2.05, 4.69) is 9.97 Å². The van der Waals surface area contributed by atoms with Gasteiger partial charge in [0.1, 0.15) is 0 Å². The van der Waals surface area contributed by atoms with Crippen LogP contribution in [0.5, 0.6) is 0 Å². The van der Waals surface area contributed by atoms with Gasteiger partial charge in [-0.05, 0) is 24.6 Å². The first-order valence-corrected chi connectivity index (χ1v) is 8.41. The second-order valence-corrected chi connectivity index (χ2v) is 7.56. The van der Waals surface area contributed by atoms with Crippen LogP contribution in [0.3, 0.4) is 0 Å². The first-order chi connectivity index (χ1) is 9.85. The lowest BCUT2D eigenvalue weighted by Crippen LogP contribution is -2.35. The summed E-state index contributed by atoms with van der Waals surface area (Å²) in [6.07, 6.45) is 0.544. The van der Waals surface area contributed by atoms with Gasteiger partial charge in [-0.25, -0.2) is 13.4 Å². The number of nitrogens with two attached hydrogens (primary N) is 1. The number of sulfone groups is 1. The number of nitrogen functional groups attached to an aromatic ring is 1. The molecule has 1 fully saturated rings. The predicted molar refractivity (Wildman–Crippen MR) is 82.2 cm³/mol. The number of benzene rings is 1. The van der Waals surface area contributed by atoms with Crippen molar-refractivity contribution in [2.24, 2.45) is 0 Å². The molecule has 2 aromatic rings. The summed E-state index contributed by atoms with van der Waals surface area (Å²) in [5.41, 5.74) is 6.42. The van der Waals surface area contributed by atoms with E-state index in [0.717, 1.165) is 0 Å². The van der Waals surface area contributed by atoms with Crippen LogP contribution in [0.4, 0.5) is 11.6 Å². The van der Waals surface area contributed by atoms with Gasteiger partial charge in [0.05, 0.1) is 22.4 Å². The summed E-state index contributed by atoms with van der Waals surface area (Å²) >= 11 is 0. The molecule has 1 unspecified atom stereocenters. The summed E-state index contributed by atoms with van der Waals surface area (Å²) in [4.78, 5) is 20.9. The van der Waals surface area contributed by atoms with Gasteiger partial charge in [-0.1, -0.05) is 0 Å². The number of aromatic amines is 1. The molecular formula is C13H16N4O3S. The predicted octanol–water partition coefficient (Wildman–Crippen LogP) is 0.129. The average Bonchev–Trinajstić information content (AvgIpc) is 2.79. The van der Waals surface area contributed by atoms with Crippen LogP contribution in [-0.2, 0) is 9.84 Å². The van der Waals surface area contributed by atoms with Crippen molar-refractivity contribution in [2.75, 3.05) is 29.2 Å². The summed E-state index contributed by atoms with van der Waals surface area (Å²) in [6.45, 7) is 0. The highest BCUT2D eigenvalue weighted by Gasteiger charge is 2.31. The van der Waals surface area contributed by atoms with Gasteiger partial charge in [0.25, 0.3) is 5.56 Å². The number of hydrogen-bond acceptors (Lipinski definition) is 6. The molecular weight excluding hydrogens is 292 g/mol. The number of nitrogens with one attached hydrogen (secondary N) is 1. The van der Waals surface area contributed by atoms with Crippen molar-refractivity contribution in [2.45, 2.75) is 12.5 Å². The van der Waals surface area contributed by atoms with Gasteiger partial charge < -0.3 is 10.6 Å². The maximum absolute atomic E-state index is 12.1. The van der Waals surface area contributed by atoms with E-state index in [0.29, 0.717) is 29.0 Å². The number of nitrogens with zero attached hydrogens (tertiary/aromatic N) is 2. The second kappa shape index (κ2) is 4.73. The van der Waals surface area contributed by atoms with Crippen molar-refractivity contribution in [1.82, 2.24) is 9.97 Å². The minimum atomic E-state index is -2.98. The van der Waals surface area contributed by atoms with Crippen molar-refractivity contribution in [3.8, 4) is 0 Å². The van der Waals surface area contributed by atoms with Crippen LogP contribution < -0.4 is 16.2 Å². The number of aromatic nitrogens is 2. The third-order valence-electron chi connectivity index (χ3n) is 3.81. The Balaban J connectivity index is 2.01. The molecule has 0 bridgehead atoms. The number of hydrogen-bond donors (Lipinski definition) is 2. The van der Waals surface area contributed by atoms with Gasteiger partial charge in [0.2, 0.25) is 5.95 Å². The maximum atomic E-state index is 12.1. The highest BCUT2D eigenvalue weighted by atomic mass is 32.2. The van der Waals surface area contributed by atoms with E-state index in [9.17, 15) is 13.2 Å². The molecule has 0 aliphatic carbocycles. The van der Waals surface area contributed by atoms with Crippen molar-refractivity contribution < 1.29 is 8.42 Å². The quantitative estimate of drug-likeness (QED) is 0.763. The minimum absolute atomic E-state index is 0.0903. The van der Waals surface area contributed by atoms with E-state index < -0.39 is 9.84 Å². The van der Waals surface area contributed by atoms with Crippen LogP contribution in [0.25, 0.3) is 10.9 Å². The van der Waals surface area contributed by atoms with Crippen molar-refractivity contribution >= 4 is 32.4 Å². The van der Waals surface area contributed by atoms with Gasteiger partial charge >= 0.3 is 0 Å². The molecule has 0 saturated carbocycles. The fourth-order valence-electron chi connectivity index (χ4n) is 2.56. The second-order valence-electron chi connectivity index (χ2n) is 5.33. The van der Waals surface area contributed by atoms with Crippen LogP contribution in [0.15, 0.2) is 23.0 Å². The third-order valence-corrected chi connectivity index (χ3v) is 5.56. The van der Waals surface area contributed by atoms with Gasteiger partial charge in [-0.2, -0.15) is 0 Å². The van der Waals surface area contributed by atoms with Crippen LogP contribution in [-0.4, -0.2) is 43.0 Å². The highest BCUT2D eigenvalue weighted by molar-refractivity contribution is 7.91. The number of anilines is 2. The lowest BCUT2D eigenvalue weighted by molar-refractivity contribution is 0.600. The molecule has 1 aliphatic heterocycles. The molecule has 0 amide bonds. The zero-order valence-corrected chi connectivity index (χ0v) is 12.4. The Morgan fingerprint density at radius 1 is 1.43 bits per heavy atom. The molecule has 112 valence electrons. The Labute approximate surface area is 121 Å². The van der Waals surface area contributed by atoms with Gasteiger partial charge in [-0.3, -0.25) is 9.78 Å². The van der Waals surface area contributed by atoms with E-state index in [1.807, 2.05) is 0 Å². The van der Waals surface area contributed by atoms with E-state index in [1.54, 1.807) is 30.1 Å². The topological polar surface area (TPSA) is 109 Å². The summed E-state index contributed by atoms with van der Waals surface area (Å²) in [7, 11) is -1.24. The van der Waals surface area contributed by atoms with E-state index in [4.69, 9.17) is 5.73 Å². The highest BCUT2D eigenvalue weighted by Crippen LogP contribution is 2.21. The average molecular weight is 308 g/mol. The van der Waals surface area contributed by atoms with Crippen LogP contribution >= 0.6 is 0 Å². The fraction of sp³-hybridized carbons (Fsp3) is 0.385. The molecule has 0 radical (unpaired) electrons. The zero-order chi connectivity index (χ0) is 15.2. The monoisotopic (exact) mass is 308 g/mol. The Morgan fingerprint density at radius 3 is 2.86 bits per heavy atom. The zero-order valence-electron chi connectivity index (χ0n) is 11.5. The largest absolute Gasteiger partial charge is 0.399 e. The smallest absolute Gasteiger partial charge is 0.260 e. The Kier molecular flexibility index (Phi) is 3.12. The Morgan fingerprint density at radius 2 is 2.19 bits per heavy atom. The molecule has 1 atom stereocenters. The molecule has 21 heavy (non-hydrogen) atoms. The van der Waals surface area contributed by atoms with E-state index in [-0.39, 0.29) is 23.1 Å². The molecule has 2 heterocycles. The molecule has 1 aliphatic rings. The van der Waals surface area contributed by atoms with Crippen molar-refractivity contribution in [3.63, 3.8) is 0 Å². The SMILES string of the molecule is CN(c1nc2ccc(N)cc2c(=O)[nH]1)C1CCS(=O)(=O)C1. The standard InChI is InChI=1S/C13H16N4O3S/c1-17(9-4-5-21(19,20)7-9)13-15-11-3-2-8(14)6-10(11)12(18)16-13/h2-3,6,9H,4-5,7,14H2,1H3,(H,15,16,18). The molecule has 1 aromatic carbocycles. The maximum Gasteiger partial charge on any atom is 0.260 e. The summed E-state index contributed by atoms with van der Waals surface area (Å²) in [5, 5.41) is 0.422. The van der Waals surface area contributed by atoms with E-state index >= 15 is 0 Å². The molecule has 7 nitrogen and oxygen atoms in total. The molecule has 0 spiro atoms. The number of rotatable bonds is 2. The van der Waals surface area contributed by atoms with Crippen molar-refractivity contribution in [3.05, 3.63) is 28.6 Å². The Hall–Kier alpha value is -2.09. The minimum Gasteiger partial charge on any atom is -0.399 e. The summed E-state index contributed by atoms with van der Waals surface area (Å²) < 4.78 is 23.1. The molecule has 1 aromatic heterocycles. The van der Waals surface area contributed by atoms with Gasteiger partial charge in [0.15, 0.2) is 9.84 Å². The lowest BCUT2D eigenvalue weighted by atomic mass is 10.2. The fourth-order valence-corrected chi connectivity index (χ4v) is 4.34. The van der Waals surface area contributed by atoms with Crippen LogP contribution in [0, 0.1) is 0 Å². The van der Waals surface area contributed by atoms with Gasteiger partial charge in [-0.15, -0.1) is 0 Å². The normalized spacial score (nSPS) is 20.7. The summed E-state index contributed by atoms with van der Waals surface area (Å²) in [6, 6.07) is 4.77. The molecule has 8 heteroatoms. The van der Waals surface area contributed by atoms with E-state index in [1.165, 1.54) is 0 Å². The van der Waals surface area contributed by atoms with Crippen LogP contribution in [0.1, 0.15) is 6.42 Å². The molecule has 3 N–H and O–H groups in total. The molecule has 3 rings (SSSR count).